The zero-order valence-corrected chi connectivity index (χ0v) is 19.8. The number of nitrogens with zero attached hydrogens (tertiary/aromatic N) is 1. The number of hydrogen-bond donors (Lipinski definition) is 0. The number of imide groups is 1. The summed E-state index contributed by atoms with van der Waals surface area (Å²) in [6.07, 6.45) is 7.08. The van der Waals surface area contributed by atoms with Gasteiger partial charge in [0.05, 0.1) is 17.5 Å². The minimum Gasteiger partial charge on any atom is -0.427 e. The number of alkyl halides is 2. The fourth-order valence-corrected chi connectivity index (χ4v) is 5.31. The van der Waals surface area contributed by atoms with Crippen molar-refractivity contribution in [3.63, 3.8) is 0 Å². The molecule has 4 atom stereocenters. The zero-order valence-electron chi connectivity index (χ0n) is 16.6. The molecule has 2 aliphatic rings. The predicted molar refractivity (Wildman–Crippen MR) is 120 cm³/mol. The summed E-state index contributed by atoms with van der Waals surface area (Å²) in [4.78, 5) is 39.3. The fourth-order valence-electron chi connectivity index (χ4n) is 4.07. The van der Waals surface area contributed by atoms with Gasteiger partial charge in [-0.2, -0.15) is 0 Å². The molecule has 0 aromatic heterocycles. The van der Waals surface area contributed by atoms with Gasteiger partial charge in [-0.25, -0.2) is 0 Å². The lowest BCUT2D eigenvalue weighted by Crippen LogP contribution is -2.34. The highest BCUT2D eigenvalue weighted by molar-refractivity contribution is 9.12. The van der Waals surface area contributed by atoms with Gasteiger partial charge in [-0.15, -0.1) is 0 Å². The Labute approximate surface area is 188 Å². The summed E-state index contributed by atoms with van der Waals surface area (Å²) in [7, 11) is 0. The number of carbonyl (C=O) groups excluding carboxylic acids is 3. The Hall–Kier alpha value is -1.21. The molecule has 29 heavy (non-hydrogen) atoms. The fraction of sp³-hybridized carbons (Fsp3) is 0.591. The van der Waals surface area contributed by atoms with Crippen molar-refractivity contribution in [3.8, 4) is 5.75 Å². The Balaban J connectivity index is 1.58. The molecule has 1 saturated heterocycles. The molecule has 1 aromatic carbocycles. The Morgan fingerprint density at radius 1 is 0.966 bits per heavy atom. The first-order valence-corrected chi connectivity index (χ1v) is 12.2. The number of carbonyl (C=O) groups is 3. The van der Waals surface area contributed by atoms with E-state index >= 15 is 0 Å². The molecule has 1 aromatic rings. The minimum absolute atomic E-state index is 0.138. The standard InChI is InChI=1S/C22H27Br2NO4/c1-2-3-4-5-6-7-20(26)29-15-10-8-14(9-11-15)25-21(27)16-12-18(23)19(24)13-17(16)22(25)28/h8-11,16-19H,2-7,12-13H2,1H3/t16-,17-,18+,19+/m1/s1. The number of hydrogen-bond acceptors (Lipinski definition) is 4. The maximum absolute atomic E-state index is 12.8. The van der Waals surface area contributed by atoms with Crippen LogP contribution in [0, 0.1) is 11.8 Å². The average molecular weight is 529 g/mol. The third-order valence-corrected chi connectivity index (χ3v) is 8.46. The lowest BCUT2D eigenvalue weighted by atomic mass is 9.81. The molecule has 0 unspecified atom stereocenters. The minimum atomic E-state index is -0.272. The zero-order chi connectivity index (χ0) is 21.0. The number of amides is 2. The van der Waals surface area contributed by atoms with Crippen molar-refractivity contribution in [1.82, 2.24) is 0 Å². The van der Waals surface area contributed by atoms with Crippen LogP contribution in [-0.2, 0) is 14.4 Å². The topological polar surface area (TPSA) is 63.7 Å². The van der Waals surface area contributed by atoms with Crippen LogP contribution < -0.4 is 9.64 Å². The van der Waals surface area contributed by atoms with Gasteiger partial charge in [0.15, 0.2) is 0 Å². The van der Waals surface area contributed by atoms with Crippen LogP contribution in [-0.4, -0.2) is 27.4 Å². The van der Waals surface area contributed by atoms with E-state index < -0.39 is 0 Å². The molecule has 2 fully saturated rings. The number of anilines is 1. The van der Waals surface area contributed by atoms with E-state index in [2.05, 4.69) is 38.8 Å². The number of unbranched alkanes of at least 4 members (excludes halogenated alkanes) is 4. The van der Waals surface area contributed by atoms with Crippen LogP contribution in [0.4, 0.5) is 5.69 Å². The van der Waals surface area contributed by atoms with E-state index in [-0.39, 0.29) is 39.3 Å². The number of benzene rings is 1. The Bertz CT molecular complexity index is 724. The van der Waals surface area contributed by atoms with Crippen molar-refractivity contribution in [1.29, 1.82) is 0 Å². The van der Waals surface area contributed by atoms with Crippen LogP contribution in [0.25, 0.3) is 0 Å². The molecule has 1 aliphatic carbocycles. The molecule has 5 nitrogen and oxygen atoms in total. The van der Waals surface area contributed by atoms with Crippen molar-refractivity contribution >= 4 is 55.3 Å². The van der Waals surface area contributed by atoms with Gasteiger partial charge in [-0.3, -0.25) is 19.3 Å². The first-order chi connectivity index (χ1) is 13.9. The predicted octanol–water partition coefficient (Wildman–Crippen LogP) is 5.38. The summed E-state index contributed by atoms with van der Waals surface area (Å²) >= 11 is 7.20. The monoisotopic (exact) mass is 527 g/mol. The van der Waals surface area contributed by atoms with Crippen LogP contribution in [0.2, 0.25) is 0 Å². The Kier molecular flexibility index (Phi) is 7.91. The maximum Gasteiger partial charge on any atom is 0.311 e. The first kappa shape index (κ1) is 22.5. The lowest BCUT2D eigenvalue weighted by Gasteiger charge is -2.29. The van der Waals surface area contributed by atoms with Gasteiger partial charge in [-0.1, -0.05) is 64.5 Å². The average Bonchev–Trinajstić information content (AvgIpc) is 2.93. The van der Waals surface area contributed by atoms with E-state index in [1.165, 1.54) is 17.7 Å². The summed E-state index contributed by atoms with van der Waals surface area (Å²) in [6, 6.07) is 6.64. The summed E-state index contributed by atoms with van der Waals surface area (Å²) in [5.74, 6) is -0.636. The van der Waals surface area contributed by atoms with E-state index in [4.69, 9.17) is 4.74 Å². The van der Waals surface area contributed by atoms with Gasteiger partial charge in [0, 0.05) is 16.1 Å². The summed E-state index contributed by atoms with van der Waals surface area (Å²) in [5.41, 5.74) is 0.533. The number of ether oxygens (including phenoxy) is 1. The van der Waals surface area contributed by atoms with E-state index in [9.17, 15) is 14.4 Å². The normalized spacial score (nSPS) is 26.5. The summed E-state index contributed by atoms with van der Waals surface area (Å²) in [5, 5.41) is 0. The maximum atomic E-state index is 12.8. The highest BCUT2D eigenvalue weighted by Crippen LogP contribution is 2.44. The molecular formula is C22H27Br2NO4. The molecule has 158 valence electrons. The Morgan fingerprint density at radius 2 is 1.52 bits per heavy atom. The molecule has 0 bridgehead atoms. The molecular weight excluding hydrogens is 502 g/mol. The van der Waals surface area contributed by atoms with Crippen LogP contribution in [0.1, 0.15) is 58.3 Å². The van der Waals surface area contributed by atoms with Crippen LogP contribution in [0.15, 0.2) is 24.3 Å². The van der Waals surface area contributed by atoms with E-state index in [0.717, 1.165) is 19.3 Å². The second-order valence-electron chi connectivity index (χ2n) is 7.86. The van der Waals surface area contributed by atoms with Gasteiger partial charge >= 0.3 is 5.97 Å². The molecule has 0 spiro atoms. The van der Waals surface area contributed by atoms with Crippen LogP contribution in [0.3, 0.4) is 0 Å². The van der Waals surface area contributed by atoms with Gasteiger partial charge in [-0.05, 0) is 43.5 Å². The van der Waals surface area contributed by atoms with Gasteiger partial charge in [0.1, 0.15) is 5.75 Å². The summed E-state index contributed by atoms with van der Waals surface area (Å²) in [6.45, 7) is 2.16. The van der Waals surface area contributed by atoms with E-state index in [0.29, 0.717) is 30.7 Å². The molecule has 2 amide bonds. The number of rotatable bonds is 8. The van der Waals surface area contributed by atoms with Crippen molar-refractivity contribution in [2.75, 3.05) is 4.90 Å². The quantitative estimate of drug-likeness (QED) is 0.149. The highest BCUT2D eigenvalue weighted by atomic mass is 79.9. The van der Waals surface area contributed by atoms with Gasteiger partial charge in [0.2, 0.25) is 11.8 Å². The van der Waals surface area contributed by atoms with Crippen molar-refractivity contribution in [2.24, 2.45) is 11.8 Å². The lowest BCUT2D eigenvalue weighted by molar-refractivity contribution is -0.134. The van der Waals surface area contributed by atoms with Crippen molar-refractivity contribution < 1.29 is 19.1 Å². The molecule has 1 aliphatic heterocycles. The van der Waals surface area contributed by atoms with Gasteiger partial charge in [0.25, 0.3) is 0 Å². The van der Waals surface area contributed by atoms with E-state index in [1.807, 2.05) is 0 Å². The molecule has 1 heterocycles. The van der Waals surface area contributed by atoms with Crippen molar-refractivity contribution in [2.45, 2.75) is 67.9 Å². The van der Waals surface area contributed by atoms with Crippen LogP contribution in [0.5, 0.6) is 5.75 Å². The smallest absolute Gasteiger partial charge is 0.311 e. The second kappa shape index (κ2) is 10.2. The number of esters is 1. The molecule has 0 radical (unpaired) electrons. The molecule has 7 heteroatoms. The molecule has 0 N–H and O–H groups in total. The highest BCUT2D eigenvalue weighted by Gasteiger charge is 2.52. The number of halogens is 2. The first-order valence-electron chi connectivity index (χ1n) is 10.4. The SMILES string of the molecule is CCCCCCCC(=O)Oc1ccc(N2C(=O)[C@@H]3C[C@H](Br)[C@@H](Br)C[C@H]3C2=O)cc1. The van der Waals surface area contributed by atoms with E-state index in [1.54, 1.807) is 24.3 Å². The third kappa shape index (κ3) is 5.29. The number of fused-ring (bicyclic) bond motifs is 1. The van der Waals surface area contributed by atoms with Gasteiger partial charge < -0.3 is 4.74 Å². The summed E-state index contributed by atoms with van der Waals surface area (Å²) < 4.78 is 5.38. The second-order valence-corrected chi connectivity index (χ2v) is 10.2. The van der Waals surface area contributed by atoms with Crippen molar-refractivity contribution in [3.05, 3.63) is 24.3 Å². The molecule has 3 rings (SSSR count). The van der Waals surface area contributed by atoms with Crippen LogP contribution >= 0.6 is 31.9 Å². The molecule has 1 saturated carbocycles. The Morgan fingerprint density at radius 3 is 2.07 bits per heavy atom. The largest absolute Gasteiger partial charge is 0.427 e. The third-order valence-electron chi connectivity index (χ3n) is 5.72.